The van der Waals surface area contributed by atoms with Crippen LogP contribution in [0.3, 0.4) is 0 Å². The third-order valence-corrected chi connectivity index (χ3v) is 12.6. The molecule has 4 heteroatoms. The van der Waals surface area contributed by atoms with E-state index in [4.69, 9.17) is 0 Å². The molecule has 0 aromatic heterocycles. The van der Waals surface area contributed by atoms with Gasteiger partial charge in [0.2, 0.25) is 0 Å². The summed E-state index contributed by atoms with van der Waals surface area (Å²) >= 11 is 4.40. The first kappa shape index (κ1) is 27.4. The largest absolute Gasteiger partial charge is 0.313 e. The molecule has 1 N–H and O–H groups in total. The smallest absolute Gasteiger partial charge is 0.0732 e. The Morgan fingerprint density at radius 1 is 0.487 bits per heavy atom. The summed E-state index contributed by atoms with van der Waals surface area (Å²) in [5, 5.41) is 16.1. The molecule has 206 valence electrons. The van der Waals surface area contributed by atoms with Crippen LogP contribution < -0.4 is 0 Å². The van der Waals surface area contributed by atoms with Gasteiger partial charge in [-0.1, -0.05) is 130 Å². The lowest BCUT2D eigenvalue weighted by Crippen LogP contribution is -2.52. The highest BCUT2D eigenvalue weighted by atomic mass is 32.2. The summed E-state index contributed by atoms with van der Waals surface area (Å²) in [4.78, 5) is 0. The Morgan fingerprint density at radius 2 is 0.846 bits per heavy atom. The maximum atomic E-state index is 12.4. The molecular formula is C35H43NOS2. The standard InChI is InChI=1S/C35H43NOS2/c37-36-32(27-18-8-2-9-19-27)34(38-29-22-12-4-13-23-29)31(26-16-6-1-7-17-26)35(39-30-24-14-5-15-25-30)33(36)28-20-10-3-11-21-28/h1-3,6-11,16-21,29-35,37H,4-5,12-15,22-25H2/t31?,32-,33+,34-,35-/m0/s1. The zero-order valence-electron chi connectivity index (χ0n) is 23.0. The number of hydrogen-bond acceptors (Lipinski definition) is 4. The first-order valence-corrected chi connectivity index (χ1v) is 17.1. The Labute approximate surface area is 243 Å². The number of hydrogen-bond donors (Lipinski definition) is 1. The van der Waals surface area contributed by atoms with E-state index in [0.717, 1.165) is 0 Å². The van der Waals surface area contributed by atoms with Gasteiger partial charge in [0.1, 0.15) is 0 Å². The van der Waals surface area contributed by atoms with E-state index < -0.39 is 0 Å². The lowest BCUT2D eigenvalue weighted by atomic mass is 9.77. The first-order valence-electron chi connectivity index (χ1n) is 15.2. The Balaban J connectivity index is 1.49. The predicted octanol–water partition coefficient (Wildman–Crippen LogP) is 9.83. The minimum Gasteiger partial charge on any atom is -0.313 e. The van der Waals surface area contributed by atoms with Crippen molar-refractivity contribution in [1.29, 1.82) is 0 Å². The van der Waals surface area contributed by atoms with E-state index in [1.807, 2.05) is 0 Å². The second-order valence-electron chi connectivity index (χ2n) is 11.7. The van der Waals surface area contributed by atoms with Gasteiger partial charge >= 0.3 is 0 Å². The van der Waals surface area contributed by atoms with Crippen LogP contribution in [0.4, 0.5) is 0 Å². The monoisotopic (exact) mass is 557 g/mol. The van der Waals surface area contributed by atoms with Crippen molar-refractivity contribution < 1.29 is 5.21 Å². The van der Waals surface area contributed by atoms with Crippen LogP contribution in [0.5, 0.6) is 0 Å². The van der Waals surface area contributed by atoms with Gasteiger partial charge in [0.15, 0.2) is 0 Å². The van der Waals surface area contributed by atoms with Crippen molar-refractivity contribution in [2.24, 2.45) is 0 Å². The van der Waals surface area contributed by atoms with Gasteiger partial charge in [0.25, 0.3) is 0 Å². The molecule has 1 unspecified atom stereocenters. The van der Waals surface area contributed by atoms with Crippen molar-refractivity contribution in [3.8, 4) is 0 Å². The maximum absolute atomic E-state index is 12.4. The van der Waals surface area contributed by atoms with E-state index in [2.05, 4.69) is 115 Å². The minimum absolute atomic E-state index is 0.0586. The fourth-order valence-corrected chi connectivity index (χ4v) is 11.3. The molecule has 1 aliphatic heterocycles. The van der Waals surface area contributed by atoms with Crippen molar-refractivity contribution in [2.75, 3.05) is 0 Å². The molecule has 0 spiro atoms. The third-order valence-electron chi connectivity index (χ3n) is 9.17. The van der Waals surface area contributed by atoms with Crippen LogP contribution in [0.1, 0.15) is 98.9 Å². The minimum atomic E-state index is -0.0586. The first-order chi connectivity index (χ1) is 19.3. The molecule has 0 amide bonds. The molecule has 3 aromatic carbocycles. The second-order valence-corrected chi connectivity index (χ2v) is 14.7. The lowest BCUT2D eigenvalue weighted by molar-refractivity contribution is -0.181. The quantitative estimate of drug-likeness (QED) is 0.312. The molecule has 0 bridgehead atoms. The molecule has 1 heterocycles. The number of nitrogens with zero attached hydrogens (tertiary/aromatic N) is 1. The normalized spacial score (nSPS) is 29.3. The second kappa shape index (κ2) is 13.3. The summed E-state index contributed by atoms with van der Waals surface area (Å²) in [7, 11) is 0. The Morgan fingerprint density at radius 3 is 1.23 bits per heavy atom. The van der Waals surface area contributed by atoms with Crippen molar-refractivity contribution >= 4 is 23.5 Å². The van der Waals surface area contributed by atoms with Gasteiger partial charge in [-0.3, -0.25) is 0 Å². The van der Waals surface area contributed by atoms with Gasteiger partial charge in [0, 0.05) is 26.9 Å². The molecule has 1 saturated heterocycles. The lowest BCUT2D eigenvalue weighted by Gasteiger charge is -2.53. The number of benzene rings is 3. The molecule has 2 saturated carbocycles. The van der Waals surface area contributed by atoms with E-state index >= 15 is 0 Å². The fraction of sp³-hybridized carbons (Fsp3) is 0.486. The summed E-state index contributed by atoms with van der Waals surface area (Å²) in [6.45, 7) is 0. The topological polar surface area (TPSA) is 23.5 Å². The highest BCUT2D eigenvalue weighted by Crippen LogP contribution is 2.58. The van der Waals surface area contributed by atoms with E-state index in [0.29, 0.717) is 16.4 Å². The number of piperidine rings is 1. The molecule has 2 nitrogen and oxygen atoms in total. The van der Waals surface area contributed by atoms with Gasteiger partial charge in [-0.2, -0.15) is 28.6 Å². The van der Waals surface area contributed by atoms with Crippen molar-refractivity contribution in [3.05, 3.63) is 108 Å². The highest BCUT2D eigenvalue weighted by molar-refractivity contribution is 8.01. The molecule has 3 aliphatic rings. The van der Waals surface area contributed by atoms with Crippen LogP contribution in [-0.4, -0.2) is 31.3 Å². The summed E-state index contributed by atoms with van der Waals surface area (Å²) in [6, 6.07) is 32.9. The van der Waals surface area contributed by atoms with E-state index in [1.165, 1.54) is 80.9 Å². The van der Waals surface area contributed by atoms with Gasteiger partial charge in [-0.25, -0.2) is 0 Å². The molecule has 5 atom stereocenters. The van der Waals surface area contributed by atoms with Crippen LogP contribution >= 0.6 is 23.5 Å². The molecule has 39 heavy (non-hydrogen) atoms. The van der Waals surface area contributed by atoms with E-state index in [1.54, 1.807) is 5.06 Å². The van der Waals surface area contributed by atoms with Gasteiger partial charge < -0.3 is 5.21 Å². The Hall–Kier alpha value is -1.72. The van der Waals surface area contributed by atoms with Gasteiger partial charge in [-0.05, 0) is 42.4 Å². The number of hydroxylamine groups is 2. The molecular weight excluding hydrogens is 515 g/mol. The summed E-state index contributed by atoms with van der Waals surface area (Å²) in [6.07, 6.45) is 13.3. The molecule has 6 rings (SSSR count). The summed E-state index contributed by atoms with van der Waals surface area (Å²) in [5.74, 6) is 0.351. The van der Waals surface area contributed by atoms with E-state index in [9.17, 15) is 5.21 Å². The fourth-order valence-electron chi connectivity index (χ4n) is 7.26. The average molecular weight is 558 g/mol. The Kier molecular flexibility index (Phi) is 9.36. The number of thioether (sulfide) groups is 2. The number of rotatable bonds is 7. The van der Waals surface area contributed by atoms with Gasteiger partial charge in [-0.15, -0.1) is 0 Å². The van der Waals surface area contributed by atoms with Crippen molar-refractivity contribution in [2.45, 2.75) is 103 Å². The summed E-state index contributed by atoms with van der Waals surface area (Å²) in [5.41, 5.74) is 3.90. The van der Waals surface area contributed by atoms with Gasteiger partial charge in [0.05, 0.1) is 12.1 Å². The van der Waals surface area contributed by atoms with Crippen LogP contribution in [-0.2, 0) is 0 Å². The zero-order chi connectivity index (χ0) is 26.4. The SMILES string of the molecule is ON1[C@H](c2ccccc2)[C@@H](SC2CCCCC2)C(c2ccccc2)[C@H](SC2CCCCC2)[C@@H]1c1ccccc1. The van der Waals surface area contributed by atoms with Crippen molar-refractivity contribution in [3.63, 3.8) is 0 Å². The maximum Gasteiger partial charge on any atom is 0.0732 e. The summed E-state index contributed by atoms with van der Waals surface area (Å²) < 4.78 is 0. The third kappa shape index (κ3) is 6.30. The average Bonchev–Trinajstić information content (AvgIpc) is 3.00. The molecule has 3 fully saturated rings. The van der Waals surface area contributed by atoms with Crippen LogP contribution in [0.25, 0.3) is 0 Å². The van der Waals surface area contributed by atoms with Crippen LogP contribution in [0, 0.1) is 0 Å². The van der Waals surface area contributed by atoms with E-state index in [-0.39, 0.29) is 22.6 Å². The highest BCUT2D eigenvalue weighted by Gasteiger charge is 2.52. The molecule has 0 radical (unpaired) electrons. The predicted molar refractivity (Wildman–Crippen MR) is 168 cm³/mol. The van der Waals surface area contributed by atoms with Crippen LogP contribution in [0.2, 0.25) is 0 Å². The van der Waals surface area contributed by atoms with Crippen molar-refractivity contribution in [1.82, 2.24) is 5.06 Å². The van der Waals surface area contributed by atoms with Crippen LogP contribution in [0.15, 0.2) is 91.0 Å². The molecule has 2 aliphatic carbocycles. The Bertz CT molecular complexity index is 1060. The molecule has 3 aromatic rings. The zero-order valence-corrected chi connectivity index (χ0v) is 24.6.